The number of carbonyl (C=O) groups excluding carboxylic acids is 1. The molecule has 78 valence electrons. The summed E-state index contributed by atoms with van der Waals surface area (Å²) in [4.78, 5) is 11.6. The van der Waals surface area contributed by atoms with Crippen molar-refractivity contribution in [2.75, 3.05) is 5.33 Å². The van der Waals surface area contributed by atoms with Gasteiger partial charge < -0.3 is 5.32 Å². The summed E-state index contributed by atoms with van der Waals surface area (Å²) in [5.41, 5.74) is -0.278. The molecule has 0 radical (unpaired) electrons. The average Bonchev–Trinajstić information content (AvgIpc) is 2.01. The van der Waals surface area contributed by atoms with Crippen molar-refractivity contribution in [3.8, 4) is 0 Å². The van der Waals surface area contributed by atoms with Gasteiger partial charge in [-0.1, -0.05) is 43.6 Å². The molecule has 0 aliphatic carbocycles. The highest BCUT2D eigenvalue weighted by atomic mass is 79.9. The van der Waals surface area contributed by atoms with Crippen LogP contribution in [-0.2, 0) is 4.79 Å². The Balaban J connectivity index is 4.01. The lowest BCUT2D eigenvalue weighted by Gasteiger charge is -2.23. The van der Waals surface area contributed by atoms with Gasteiger partial charge in [0.15, 0.2) is 0 Å². The Morgan fingerprint density at radius 3 is 2.31 bits per heavy atom. The third kappa shape index (κ3) is 5.29. The summed E-state index contributed by atoms with van der Waals surface area (Å²) in [6.07, 6.45) is 1.99. The van der Waals surface area contributed by atoms with Crippen LogP contribution < -0.4 is 5.32 Å². The molecule has 1 amide bonds. The fourth-order valence-corrected chi connectivity index (χ4v) is 1.46. The van der Waals surface area contributed by atoms with Crippen LogP contribution in [0.25, 0.3) is 0 Å². The number of alkyl halides is 1. The lowest BCUT2D eigenvalue weighted by atomic mass is 9.95. The number of amides is 1. The molecule has 0 saturated carbocycles. The second-order valence-corrected chi connectivity index (χ2v) is 5.10. The Bertz CT molecular complexity index is 163. The molecule has 0 spiro atoms. The number of halogens is 1. The maximum absolute atomic E-state index is 11.6. The summed E-state index contributed by atoms with van der Waals surface area (Å²) >= 11 is 3.38. The predicted octanol–water partition coefficient (Wildman–Crippen LogP) is 2.71. The third-order valence-corrected chi connectivity index (χ3v) is 2.42. The molecule has 0 saturated heterocycles. The van der Waals surface area contributed by atoms with Crippen LogP contribution in [0.15, 0.2) is 0 Å². The molecule has 0 aliphatic rings. The number of hydrogen-bond acceptors (Lipinski definition) is 1. The van der Waals surface area contributed by atoms with E-state index >= 15 is 0 Å². The van der Waals surface area contributed by atoms with E-state index < -0.39 is 0 Å². The number of nitrogens with one attached hydrogen (secondary N) is 1. The van der Waals surface area contributed by atoms with Crippen LogP contribution in [0.4, 0.5) is 0 Å². The van der Waals surface area contributed by atoms with Gasteiger partial charge in [-0.3, -0.25) is 4.79 Å². The van der Waals surface area contributed by atoms with Gasteiger partial charge in [0.05, 0.1) is 0 Å². The molecule has 3 heteroatoms. The van der Waals surface area contributed by atoms with Crippen molar-refractivity contribution in [3.05, 3.63) is 0 Å². The van der Waals surface area contributed by atoms with E-state index in [1.807, 2.05) is 20.8 Å². The van der Waals surface area contributed by atoms with E-state index in [1.165, 1.54) is 0 Å². The number of carbonyl (C=O) groups is 1. The Hall–Kier alpha value is -0.0500. The topological polar surface area (TPSA) is 29.1 Å². The highest BCUT2D eigenvalue weighted by Gasteiger charge is 2.22. The highest BCUT2D eigenvalue weighted by molar-refractivity contribution is 9.09. The smallest absolute Gasteiger partial charge is 0.225 e. The third-order valence-electron chi connectivity index (χ3n) is 1.97. The predicted molar refractivity (Wildman–Crippen MR) is 60.1 cm³/mol. The van der Waals surface area contributed by atoms with Crippen LogP contribution >= 0.6 is 15.9 Å². The minimum atomic E-state index is -0.278. The van der Waals surface area contributed by atoms with Gasteiger partial charge in [0, 0.05) is 16.8 Å². The molecule has 0 bridgehead atoms. The van der Waals surface area contributed by atoms with E-state index in [2.05, 4.69) is 28.2 Å². The lowest BCUT2D eigenvalue weighted by molar-refractivity contribution is -0.129. The average molecular weight is 250 g/mol. The van der Waals surface area contributed by atoms with Crippen LogP contribution in [0.2, 0.25) is 0 Å². The number of hydrogen-bond donors (Lipinski definition) is 1. The first-order valence-electron chi connectivity index (χ1n) is 4.78. The summed E-state index contributed by atoms with van der Waals surface area (Å²) in [6, 6.07) is 0.311. The largest absolute Gasteiger partial charge is 0.353 e. The molecule has 0 aromatic rings. The summed E-state index contributed by atoms with van der Waals surface area (Å²) < 4.78 is 0. The zero-order valence-electron chi connectivity index (χ0n) is 8.98. The molecule has 0 heterocycles. The van der Waals surface area contributed by atoms with Crippen molar-refractivity contribution in [1.82, 2.24) is 5.32 Å². The van der Waals surface area contributed by atoms with Crippen LogP contribution in [0.3, 0.4) is 0 Å². The van der Waals surface area contributed by atoms with Crippen molar-refractivity contribution in [3.63, 3.8) is 0 Å². The lowest BCUT2D eigenvalue weighted by Crippen LogP contribution is -2.41. The van der Waals surface area contributed by atoms with Crippen molar-refractivity contribution >= 4 is 21.8 Å². The quantitative estimate of drug-likeness (QED) is 0.763. The Kier molecular flexibility index (Phi) is 5.61. The second kappa shape index (κ2) is 5.63. The first-order valence-corrected chi connectivity index (χ1v) is 5.91. The van der Waals surface area contributed by atoms with Crippen molar-refractivity contribution in [2.24, 2.45) is 5.41 Å². The molecule has 0 rings (SSSR count). The maximum atomic E-state index is 11.6. The van der Waals surface area contributed by atoms with E-state index in [0.29, 0.717) is 6.04 Å². The summed E-state index contributed by atoms with van der Waals surface area (Å²) in [5.74, 6) is 0.139. The molecule has 1 unspecified atom stereocenters. The monoisotopic (exact) mass is 249 g/mol. The minimum Gasteiger partial charge on any atom is -0.353 e. The van der Waals surface area contributed by atoms with Crippen molar-refractivity contribution < 1.29 is 4.79 Å². The van der Waals surface area contributed by atoms with Gasteiger partial charge in [0.2, 0.25) is 5.91 Å². The normalized spacial score (nSPS) is 13.9. The van der Waals surface area contributed by atoms with Gasteiger partial charge in [0.25, 0.3) is 0 Å². The molecule has 13 heavy (non-hydrogen) atoms. The standard InChI is InChI=1S/C10H20BrNO/c1-5-8(6-7-11)12-9(13)10(2,3)4/h8H,5-7H2,1-4H3,(H,12,13). The molecule has 0 fully saturated rings. The van der Waals surface area contributed by atoms with Gasteiger partial charge in [-0.15, -0.1) is 0 Å². The maximum Gasteiger partial charge on any atom is 0.225 e. The van der Waals surface area contributed by atoms with Crippen molar-refractivity contribution in [2.45, 2.75) is 46.6 Å². The fourth-order valence-electron chi connectivity index (χ4n) is 0.912. The first-order chi connectivity index (χ1) is 5.91. The number of rotatable bonds is 4. The minimum absolute atomic E-state index is 0.139. The highest BCUT2D eigenvalue weighted by Crippen LogP contribution is 2.14. The van der Waals surface area contributed by atoms with Crippen LogP contribution in [-0.4, -0.2) is 17.3 Å². The summed E-state index contributed by atoms with van der Waals surface area (Å²) in [5, 5.41) is 3.98. The van der Waals surface area contributed by atoms with Crippen molar-refractivity contribution in [1.29, 1.82) is 0 Å². The summed E-state index contributed by atoms with van der Waals surface area (Å²) in [7, 11) is 0. The Morgan fingerprint density at radius 1 is 1.46 bits per heavy atom. The van der Waals surface area contributed by atoms with Gasteiger partial charge in [0.1, 0.15) is 0 Å². The molecular weight excluding hydrogens is 230 g/mol. The fraction of sp³-hybridized carbons (Fsp3) is 0.900. The van der Waals surface area contributed by atoms with E-state index in [9.17, 15) is 4.79 Å². The van der Waals surface area contributed by atoms with E-state index in [1.54, 1.807) is 0 Å². The van der Waals surface area contributed by atoms with Gasteiger partial charge in [-0.25, -0.2) is 0 Å². The molecular formula is C10H20BrNO. The first kappa shape index (κ1) is 12.9. The van der Waals surface area contributed by atoms with Crippen LogP contribution in [0, 0.1) is 5.41 Å². The van der Waals surface area contributed by atoms with Crippen LogP contribution in [0.5, 0.6) is 0 Å². The van der Waals surface area contributed by atoms with Gasteiger partial charge in [-0.2, -0.15) is 0 Å². The second-order valence-electron chi connectivity index (χ2n) is 4.31. The molecule has 1 atom stereocenters. The van der Waals surface area contributed by atoms with Gasteiger partial charge in [-0.05, 0) is 12.8 Å². The van der Waals surface area contributed by atoms with E-state index in [0.717, 1.165) is 18.2 Å². The molecule has 0 aliphatic heterocycles. The van der Waals surface area contributed by atoms with E-state index in [4.69, 9.17) is 0 Å². The Morgan fingerprint density at radius 2 is 2.00 bits per heavy atom. The Labute approximate surface area is 89.6 Å². The zero-order valence-corrected chi connectivity index (χ0v) is 10.6. The summed E-state index contributed by atoms with van der Waals surface area (Å²) in [6.45, 7) is 7.89. The molecule has 0 aromatic carbocycles. The zero-order chi connectivity index (χ0) is 10.5. The SMILES string of the molecule is CCC(CCBr)NC(=O)C(C)(C)C. The van der Waals surface area contributed by atoms with Gasteiger partial charge >= 0.3 is 0 Å². The van der Waals surface area contributed by atoms with E-state index in [-0.39, 0.29) is 11.3 Å². The molecule has 0 aromatic heterocycles. The molecule has 1 N–H and O–H groups in total. The van der Waals surface area contributed by atoms with Crippen LogP contribution in [0.1, 0.15) is 40.5 Å². The molecule has 2 nitrogen and oxygen atoms in total.